The highest BCUT2D eigenvalue weighted by molar-refractivity contribution is 4.75. The molecule has 0 aromatic carbocycles. The third-order valence-corrected chi connectivity index (χ3v) is 1.90. The summed E-state index contributed by atoms with van der Waals surface area (Å²) in [7, 11) is 0. The zero-order chi connectivity index (χ0) is 7.56. The van der Waals surface area contributed by atoms with E-state index >= 15 is 0 Å². The van der Waals surface area contributed by atoms with Crippen molar-refractivity contribution in [1.82, 2.24) is 0 Å². The molecule has 1 heterocycles. The average Bonchev–Trinajstić information content (AvgIpc) is 1.88. The smallest absolute Gasteiger partial charge is 0.159 e. The van der Waals surface area contributed by atoms with Crippen molar-refractivity contribution in [3.8, 4) is 0 Å². The van der Waals surface area contributed by atoms with Gasteiger partial charge in [0.2, 0.25) is 0 Å². The summed E-state index contributed by atoms with van der Waals surface area (Å²) in [6.07, 6.45) is -0.137. The molecule has 0 spiro atoms. The molecule has 3 atom stereocenters. The van der Waals surface area contributed by atoms with Crippen LogP contribution in [0.25, 0.3) is 0 Å². The molecule has 0 saturated carbocycles. The molecule has 0 aromatic heterocycles. The third-order valence-electron chi connectivity index (χ3n) is 1.90. The van der Waals surface area contributed by atoms with E-state index in [1.54, 1.807) is 0 Å². The fourth-order valence-corrected chi connectivity index (χ4v) is 1.17. The maximum absolute atomic E-state index is 9.26. The Hall–Kier alpha value is -0.120. The molecular formula is C7H13O3. The van der Waals surface area contributed by atoms with Gasteiger partial charge in [-0.3, -0.25) is 0 Å². The van der Waals surface area contributed by atoms with E-state index in [1.165, 1.54) is 0 Å². The first kappa shape index (κ1) is 7.98. The van der Waals surface area contributed by atoms with E-state index in [0.29, 0.717) is 19.4 Å². The molecule has 0 aromatic rings. The Morgan fingerprint density at radius 1 is 1.50 bits per heavy atom. The number of rotatable bonds is 1. The van der Waals surface area contributed by atoms with Gasteiger partial charge in [0.1, 0.15) is 0 Å². The number of hydrogen-bond acceptors (Lipinski definition) is 3. The van der Waals surface area contributed by atoms with Crippen LogP contribution in [0, 0.1) is 12.8 Å². The summed E-state index contributed by atoms with van der Waals surface area (Å²) >= 11 is 0. The molecule has 1 saturated heterocycles. The van der Waals surface area contributed by atoms with E-state index in [2.05, 4.69) is 6.92 Å². The van der Waals surface area contributed by atoms with Crippen molar-refractivity contribution in [2.75, 3.05) is 6.61 Å². The summed E-state index contributed by atoms with van der Waals surface area (Å²) in [4.78, 5) is 0. The molecule has 1 radical (unpaired) electrons. The Balaban J connectivity index is 2.45. The van der Waals surface area contributed by atoms with E-state index < -0.39 is 12.4 Å². The minimum Gasteiger partial charge on any atom is -0.393 e. The Morgan fingerprint density at radius 3 is 2.60 bits per heavy atom. The van der Waals surface area contributed by atoms with Gasteiger partial charge in [0.25, 0.3) is 0 Å². The SMILES string of the molecule is [CH2]CC1C(O)CCOC1O. The lowest BCUT2D eigenvalue weighted by Crippen LogP contribution is -2.39. The second-order valence-corrected chi connectivity index (χ2v) is 2.57. The first-order valence-electron chi connectivity index (χ1n) is 3.52. The maximum atomic E-state index is 9.26. The Bertz CT molecular complexity index is 95.0. The lowest BCUT2D eigenvalue weighted by molar-refractivity contribution is -0.191. The van der Waals surface area contributed by atoms with E-state index in [1.807, 2.05) is 0 Å². The van der Waals surface area contributed by atoms with E-state index in [-0.39, 0.29) is 5.92 Å². The summed E-state index contributed by atoms with van der Waals surface area (Å²) in [6, 6.07) is 0. The normalized spacial score (nSPS) is 41.7. The van der Waals surface area contributed by atoms with Crippen molar-refractivity contribution in [2.24, 2.45) is 5.92 Å². The third kappa shape index (κ3) is 1.48. The van der Waals surface area contributed by atoms with Crippen molar-refractivity contribution >= 4 is 0 Å². The highest BCUT2D eigenvalue weighted by Crippen LogP contribution is 2.21. The molecule has 1 aliphatic heterocycles. The minimum atomic E-state index is -0.818. The van der Waals surface area contributed by atoms with Gasteiger partial charge < -0.3 is 14.9 Å². The molecule has 3 heteroatoms. The lowest BCUT2D eigenvalue weighted by Gasteiger charge is -2.31. The summed E-state index contributed by atoms with van der Waals surface area (Å²) in [5, 5.41) is 18.4. The van der Waals surface area contributed by atoms with Gasteiger partial charge in [-0.2, -0.15) is 0 Å². The molecule has 1 fully saturated rings. The van der Waals surface area contributed by atoms with Crippen molar-refractivity contribution < 1.29 is 14.9 Å². The zero-order valence-corrected chi connectivity index (χ0v) is 5.86. The monoisotopic (exact) mass is 145 g/mol. The Kier molecular flexibility index (Phi) is 2.65. The minimum absolute atomic E-state index is 0.200. The summed E-state index contributed by atoms with van der Waals surface area (Å²) < 4.78 is 4.91. The molecule has 2 N–H and O–H groups in total. The molecule has 10 heavy (non-hydrogen) atoms. The van der Waals surface area contributed by atoms with Crippen molar-refractivity contribution in [3.05, 3.63) is 6.92 Å². The predicted octanol–water partition coefficient (Wildman–Crippen LogP) is -0.0736. The second kappa shape index (κ2) is 3.32. The molecule has 1 aliphatic rings. The van der Waals surface area contributed by atoms with Crippen LogP contribution in [0.15, 0.2) is 0 Å². The molecule has 1 rings (SSSR count). The van der Waals surface area contributed by atoms with Gasteiger partial charge in [-0.25, -0.2) is 0 Å². The van der Waals surface area contributed by atoms with Crippen LogP contribution >= 0.6 is 0 Å². The number of aliphatic hydroxyl groups is 2. The van der Waals surface area contributed by atoms with Gasteiger partial charge >= 0.3 is 0 Å². The molecule has 3 unspecified atom stereocenters. The summed E-state index contributed by atoms with van der Waals surface area (Å²) in [5.74, 6) is -0.200. The Labute approximate surface area is 60.6 Å². The van der Waals surface area contributed by atoms with Crippen LogP contribution in [0.4, 0.5) is 0 Å². The first-order valence-corrected chi connectivity index (χ1v) is 3.52. The van der Waals surface area contributed by atoms with Crippen molar-refractivity contribution in [2.45, 2.75) is 25.2 Å². The topological polar surface area (TPSA) is 49.7 Å². The molecule has 0 aliphatic carbocycles. The lowest BCUT2D eigenvalue weighted by atomic mass is 9.95. The van der Waals surface area contributed by atoms with Crippen LogP contribution in [0.1, 0.15) is 12.8 Å². The largest absolute Gasteiger partial charge is 0.393 e. The number of aliphatic hydroxyl groups excluding tert-OH is 2. The molecule has 59 valence electrons. The molecule has 3 nitrogen and oxygen atoms in total. The van der Waals surface area contributed by atoms with Crippen LogP contribution in [0.5, 0.6) is 0 Å². The van der Waals surface area contributed by atoms with Gasteiger partial charge in [0, 0.05) is 5.92 Å². The highest BCUT2D eigenvalue weighted by atomic mass is 16.6. The first-order chi connectivity index (χ1) is 4.75. The fraction of sp³-hybridized carbons (Fsp3) is 0.857. The number of ether oxygens (including phenoxy) is 1. The van der Waals surface area contributed by atoms with Gasteiger partial charge in [0.05, 0.1) is 12.7 Å². The fourth-order valence-electron chi connectivity index (χ4n) is 1.17. The van der Waals surface area contributed by atoms with Crippen LogP contribution in [-0.4, -0.2) is 29.2 Å². The van der Waals surface area contributed by atoms with Crippen LogP contribution in [0.3, 0.4) is 0 Å². The molecule has 0 amide bonds. The number of hydrogen-bond donors (Lipinski definition) is 2. The maximum Gasteiger partial charge on any atom is 0.159 e. The summed E-state index contributed by atoms with van der Waals surface area (Å²) in [5.41, 5.74) is 0. The summed E-state index contributed by atoms with van der Waals surface area (Å²) in [6.45, 7) is 4.05. The average molecular weight is 145 g/mol. The molecular weight excluding hydrogens is 132 g/mol. The standard InChI is InChI=1S/C7H13O3/c1-2-5-6(8)3-4-10-7(5)9/h5-9H,1-4H2. The highest BCUT2D eigenvalue weighted by Gasteiger charge is 2.29. The van der Waals surface area contributed by atoms with Gasteiger partial charge in [0.15, 0.2) is 6.29 Å². The van der Waals surface area contributed by atoms with Crippen molar-refractivity contribution in [1.29, 1.82) is 0 Å². The quantitative estimate of drug-likeness (QED) is 0.543. The van der Waals surface area contributed by atoms with Gasteiger partial charge in [-0.05, 0) is 12.8 Å². The van der Waals surface area contributed by atoms with Crippen molar-refractivity contribution in [3.63, 3.8) is 0 Å². The zero-order valence-electron chi connectivity index (χ0n) is 5.86. The van der Waals surface area contributed by atoms with E-state index in [9.17, 15) is 5.11 Å². The van der Waals surface area contributed by atoms with E-state index in [4.69, 9.17) is 9.84 Å². The predicted molar refractivity (Wildman–Crippen MR) is 36.0 cm³/mol. The van der Waals surface area contributed by atoms with Crippen LogP contribution in [-0.2, 0) is 4.74 Å². The van der Waals surface area contributed by atoms with Gasteiger partial charge in [-0.1, -0.05) is 6.92 Å². The van der Waals surface area contributed by atoms with Crippen LogP contribution < -0.4 is 0 Å². The second-order valence-electron chi connectivity index (χ2n) is 2.57. The molecule has 0 bridgehead atoms. The van der Waals surface area contributed by atoms with E-state index in [0.717, 1.165) is 0 Å². The van der Waals surface area contributed by atoms with Gasteiger partial charge in [-0.15, -0.1) is 0 Å². The Morgan fingerprint density at radius 2 is 2.20 bits per heavy atom. The van der Waals surface area contributed by atoms with Crippen LogP contribution in [0.2, 0.25) is 0 Å².